The summed E-state index contributed by atoms with van der Waals surface area (Å²) in [6.07, 6.45) is 0. The molecule has 3 rings (SSSR count). The smallest absolute Gasteiger partial charge is 0.303 e. The van der Waals surface area contributed by atoms with E-state index in [9.17, 15) is 10.1 Å². The van der Waals surface area contributed by atoms with Crippen LogP contribution in [0.3, 0.4) is 0 Å². The van der Waals surface area contributed by atoms with Gasteiger partial charge in [-0.2, -0.15) is 0 Å². The number of fused-ring (bicyclic) bond motifs is 1. The van der Waals surface area contributed by atoms with E-state index in [4.69, 9.17) is 14.2 Å². The molecule has 25 heavy (non-hydrogen) atoms. The second-order valence-corrected chi connectivity index (χ2v) is 5.22. The number of nitrogens with zero attached hydrogens (tertiary/aromatic N) is 2. The molecule has 2 aromatic carbocycles. The Bertz CT molecular complexity index is 938. The molecule has 0 saturated heterocycles. The van der Waals surface area contributed by atoms with Gasteiger partial charge in [0.25, 0.3) is 0 Å². The van der Waals surface area contributed by atoms with Crippen LogP contribution in [0.25, 0.3) is 22.0 Å². The molecule has 7 nitrogen and oxygen atoms in total. The third kappa shape index (κ3) is 2.91. The van der Waals surface area contributed by atoms with Crippen LogP contribution in [0, 0.1) is 10.1 Å². The third-order valence-electron chi connectivity index (χ3n) is 3.89. The first kappa shape index (κ1) is 16.5. The van der Waals surface area contributed by atoms with Crippen molar-refractivity contribution < 1.29 is 19.1 Å². The fraction of sp³-hybridized carbons (Fsp3) is 0.167. The molecule has 1 aromatic heterocycles. The number of hydrogen-bond acceptors (Lipinski definition) is 6. The van der Waals surface area contributed by atoms with Crippen molar-refractivity contribution in [1.82, 2.24) is 4.98 Å². The van der Waals surface area contributed by atoms with Gasteiger partial charge in [-0.3, -0.25) is 10.1 Å². The third-order valence-corrected chi connectivity index (χ3v) is 3.89. The topological polar surface area (TPSA) is 83.7 Å². The zero-order valence-corrected chi connectivity index (χ0v) is 14.0. The first-order chi connectivity index (χ1) is 12.1. The van der Waals surface area contributed by atoms with E-state index in [1.165, 1.54) is 14.2 Å². The standard InChI is InChI=1S/C18H16N2O5/c1-23-12-6-4-11(5-7-12)16-17(20(21)22)14-9-8-13(24-2)10-15(14)18(19-16)25-3/h4-10H,1-3H3. The average Bonchev–Trinajstić information content (AvgIpc) is 2.66. The zero-order chi connectivity index (χ0) is 18.0. The largest absolute Gasteiger partial charge is 0.497 e. The van der Waals surface area contributed by atoms with Crippen molar-refractivity contribution in [3.63, 3.8) is 0 Å². The Kier molecular flexibility index (Phi) is 4.38. The van der Waals surface area contributed by atoms with E-state index in [0.717, 1.165) is 0 Å². The molecule has 0 aliphatic carbocycles. The number of methoxy groups -OCH3 is 3. The summed E-state index contributed by atoms with van der Waals surface area (Å²) in [5.41, 5.74) is 0.759. The Hall–Kier alpha value is -3.35. The highest BCUT2D eigenvalue weighted by molar-refractivity contribution is 6.00. The number of pyridine rings is 1. The van der Waals surface area contributed by atoms with Crippen LogP contribution >= 0.6 is 0 Å². The first-order valence-electron chi connectivity index (χ1n) is 7.43. The molecule has 0 unspecified atom stereocenters. The normalized spacial score (nSPS) is 10.5. The number of nitro groups is 1. The summed E-state index contributed by atoms with van der Waals surface area (Å²) in [5.74, 6) is 1.52. The second kappa shape index (κ2) is 6.64. The van der Waals surface area contributed by atoms with Crippen molar-refractivity contribution in [2.24, 2.45) is 0 Å². The molecule has 0 bridgehead atoms. The SMILES string of the molecule is COc1ccc(-c2nc(OC)c3cc(OC)ccc3c2[N+](=O)[O-])cc1. The highest BCUT2D eigenvalue weighted by Crippen LogP contribution is 2.40. The van der Waals surface area contributed by atoms with E-state index in [-0.39, 0.29) is 11.4 Å². The monoisotopic (exact) mass is 340 g/mol. The van der Waals surface area contributed by atoms with Crippen LogP contribution in [0.5, 0.6) is 17.4 Å². The molecule has 0 spiro atoms. The minimum absolute atomic E-state index is 0.0800. The molecule has 0 fully saturated rings. The summed E-state index contributed by atoms with van der Waals surface area (Å²) in [6.45, 7) is 0. The predicted molar refractivity (Wildman–Crippen MR) is 93.5 cm³/mol. The van der Waals surface area contributed by atoms with Crippen LogP contribution in [0.1, 0.15) is 0 Å². The molecule has 0 radical (unpaired) electrons. The van der Waals surface area contributed by atoms with Gasteiger partial charge in [0.05, 0.1) is 37.0 Å². The zero-order valence-electron chi connectivity index (χ0n) is 14.0. The maximum Gasteiger partial charge on any atom is 0.303 e. The summed E-state index contributed by atoms with van der Waals surface area (Å²) in [6, 6.07) is 11.9. The Morgan fingerprint density at radius 2 is 1.52 bits per heavy atom. The Balaban J connectivity index is 2.33. The summed E-state index contributed by atoms with van der Waals surface area (Å²) in [7, 11) is 4.56. The molecular weight excluding hydrogens is 324 g/mol. The molecule has 0 amide bonds. The van der Waals surface area contributed by atoms with E-state index >= 15 is 0 Å². The van der Waals surface area contributed by atoms with Gasteiger partial charge >= 0.3 is 5.69 Å². The predicted octanol–water partition coefficient (Wildman–Crippen LogP) is 3.84. The first-order valence-corrected chi connectivity index (χ1v) is 7.43. The molecule has 0 aliphatic rings. The van der Waals surface area contributed by atoms with E-state index in [1.54, 1.807) is 49.6 Å². The van der Waals surface area contributed by atoms with Gasteiger partial charge in [0.1, 0.15) is 11.5 Å². The van der Waals surface area contributed by atoms with Crippen LogP contribution in [0.4, 0.5) is 5.69 Å². The fourth-order valence-electron chi connectivity index (χ4n) is 2.67. The van der Waals surface area contributed by atoms with Crippen molar-refractivity contribution in [2.75, 3.05) is 21.3 Å². The van der Waals surface area contributed by atoms with Crippen molar-refractivity contribution in [1.29, 1.82) is 0 Å². The summed E-state index contributed by atoms with van der Waals surface area (Å²) in [4.78, 5) is 15.7. The fourth-order valence-corrected chi connectivity index (χ4v) is 2.67. The quantitative estimate of drug-likeness (QED) is 0.518. The highest BCUT2D eigenvalue weighted by atomic mass is 16.6. The molecule has 7 heteroatoms. The van der Waals surface area contributed by atoms with Crippen LogP contribution < -0.4 is 14.2 Å². The maximum absolute atomic E-state index is 11.8. The average molecular weight is 340 g/mol. The molecule has 3 aromatic rings. The van der Waals surface area contributed by atoms with Crippen molar-refractivity contribution in [2.45, 2.75) is 0 Å². The van der Waals surface area contributed by atoms with Gasteiger partial charge in [-0.25, -0.2) is 4.98 Å². The van der Waals surface area contributed by atoms with Crippen LogP contribution in [-0.4, -0.2) is 31.2 Å². The molecule has 0 N–H and O–H groups in total. The molecular formula is C18H16N2O5. The van der Waals surface area contributed by atoms with E-state index < -0.39 is 4.92 Å². The van der Waals surface area contributed by atoms with Gasteiger partial charge in [-0.15, -0.1) is 0 Å². The van der Waals surface area contributed by atoms with Crippen molar-refractivity contribution in [3.05, 3.63) is 52.6 Å². The minimum Gasteiger partial charge on any atom is -0.497 e. The maximum atomic E-state index is 11.8. The summed E-state index contributed by atoms with van der Waals surface area (Å²) in [5, 5.41) is 12.7. The van der Waals surface area contributed by atoms with Crippen LogP contribution in [0.2, 0.25) is 0 Å². The molecule has 0 atom stereocenters. The molecule has 0 aliphatic heterocycles. The highest BCUT2D eigenvalue weighted by Gasteiger charge is 2.25. The van der Waals surface area contributed by atoms with E-state index in [0.29, 0.717) is 33.7 Å². The van der Waals surface area contributed by atoms with Crippen molar-refractivity contribution >= 4 is 16.5 Å². The molecule has 128 valence electrons. The van der Waals surface area contributed by atoms with E-state index in [2.05, 4.69) is 4.98 Å². The Morgan fingerprint density at radius 1 is 0.880 bits per heavy atom. The van der Waals surface area contributed by atoms with Crippen LogP contribution in [-0.2, 0) is 0 Å². The lowest BCUT2D eigenvalue weighted by molar-refractivity contribution is -0.382. The Morgan fingerprint density at radius 3 is 2.08 bits per heavy atom. The molecule has 0 saturated carbocycles. The van der Waals surface area contributed by atoms with Gasteiger partial charge in [0.2, 0.25) is 5.88 Å². The molecule has 1 heterocycles. The van der Waals surface area contributed by atoms with Gasteiger partial charge in [-0.05, 0) is 42.5 Å². The summed E-state index contributed by atoms with van der Waals surface area (Å²) >= 11 is 0. The van der Waals surface area contributed by atoms with E-state index in [1.807, 2.05) is 0 Å². The lowest BCUT2D eigenvalue weighted by Crippen LogP contribution is -2.00. The number of ether oxygens (including phenoxy) is 3. The second-order valence-electron chi connectivity index (χ2n) is 5.22. The van der Waals surface area contributed by atoms with Crippen molar-refractivity contribution in [3.8, 4) is 28.6 Å². The number of hydrogen-bond donors (Lipinski definition) is 0. The van der Waals surface area contributed by atoms with Crippen LogP contribution in [0.15, 0.2) is 42.5 Å². The number of benzene rings is 2. The lowest BCUT2D eigenvalue weighted by Gasteiger charge is -2.11. The van der Waals surface area contributed by atoms with Gasteiger partial charge in [0.15, 0.2) is 5.69 Å². The number of aromatic nitrogens is 1. The van der Waals surface area contributed by atoms with Gasteiger partial charge in [0, 0.05) is 5.56 Å². The lowest BCUT2D eigenvalue weighted by atomic mass is 10.0. The van der Waals surface area contributed by atoms with Gasteiger partial charge in [-0.1, -0.05) is 0 Å². The minimum atomic E-state index is -0.430. The van der Waals surface area contributed by atoms with Gasteiger partial charge < -0.3 is 14.2 Å². The Labute approximate surface area is 143 Å². The number of rotatable bonds is 5. The summed E-state index contributed by atoms with van der Waals surface area (Å²) < 4.78 is 15.7.